The van der Waals surface area contributed by atoms with E-state index in [1.807, 2.05) is 26.0 Å². The van der Waals surface area contributed by atoms with E-state index in [-0.39, 0.29) is 30.1 Å². The second-order valence-corrected chi connectivity index (χ2v) is 8.29. The molecule has 1 atom stereocenters. The Balaban J connectivity index is 1.75. The minimum atomic E-state index is -4.64. The highest BCUT2D eigenvalue weighted by atomic mass is 19.4. The number of amides is 1. The highest BCUT2D eigenvalue weighted by molar-refractivity contribution is 5.76. The van der Waals surface area contributed by atoms with Gasteiger partial charge in [0.1, 0.15) is 0 Å². The molecule has 32 heavy (non-hydrogen) atoms. The Morgan fingerprint density at radius 1 is 1.12 bits per heavy atom. The van der Waals surface area contributed by atoms with E-state index in [1.54, 1.807) is 13.8 Å². The molecule has 0 aliphatic heterocycles. The van der Waals surface area contributed by atoms with Crippen molar-refractivity contribution in [1.29, 1.82) is 0 Å². The molecule has 1 amide bonds. The number of aromatic nitrogens is 4. The number of rotatable bonds is 7. The number of hydrogen-bond donors (Lipinski definition) is 1. The molecule has 2 heterocycles. The van der Waals surface area contributed by atoms with Crippen molar-refractivity contribution >= 4 is 11.7 Å². The maximum Gasteiger partial charge on any atom is 0.453 e. The lowest BCUT2D eigenvalue weighted by atomic mass is 9.94. The molecule has 0 bridgehead atoms. The predicted molar refractivity (Wildman–Crippen MR) is 115 cm³/mol. The van der Waals surface area contributed by atoms with Gasteiger partial charge in [0.05, 0.1) is 6.04 Å². The van der Waals surface area contributed by atoms with Crippen LogP contribution >= 0.6 is 0 Å². The first kappa shape index (κ1) is 23.7. The van der Waals surface area contributed by atoms with E-state index in [2.05, 4.69) is 39.4 Å². The summed E-state index contributed by atoms with van der Waals surface area (Å²) in [6.45, 7) is 9.56. The van der Waals surface area contributed by atoms with Crippen LogP contribution < -0.4 is 5.32 Å². The maximum atomic E-state index is 13.0. The molecule has 1 N–H and O–H groups in total. The minimum absolute atomic E-state index is 0.101. The molecule has 2 aromatic heterocycles. The quantitative estimate of drug-likeness (QED) is 0.566. The third-order valence-electron chi connectivity index (χ3n) is 5.63. The van der Waals surface area contributed by atoms with Crippen LogP contribution in [0.15, 0.2) is 24.3 Å². The normalized spacial score (nSPS) is 13.0. The molecule has 0 fully saturated rings. The van der Waals surface area contributed by atoms with Gasteiger partial charge in [0.25, 0.3) is 11.6 Å². The first-order valence-electron chi connectivity index (χ1n) is 10.7. The highest BCUT2D eigenvalue weighted by Crippen LogP contribution is 2.27. The van der Waals surface area contributed by atoms with Gasteiger partial charge in [-0.3, -0.25) is 4.79 Å². The van der Waals surface area contributed by atoms with Crippen LogP contribution in [0.2, 0.25) is 0 Å². The van der Waals surface area contributed by atoms with Crippen LogP contribution in [0.25, 0.3) is 5.78 Å². The smallest absolute Gasteiger partial charge is 0.349 e. The third kappa shape index (κ3) is 5.08. The molecule has 1 unspecified atom stereocenters. The van der Waals surface area contributed by atoms with Crippen molar-refractivity contribution in [3.8, 4) is 0 Å². The van der Waals surface area contributed by atoms with Crippen molar-refractivity contribution in [3.63, 3.8) is 0 Å². The van der Waals surface area contributed by atoms with Gasteiger partial charge in [0.15, 0.2) is 0 Å². The van der Waals surface area contributed by atoms with E-state index in [1.165, 1.54) is 5.56 Å². The van der Waals surface area contributed by atoms with E-state index in [9.17, 15) is 18.0 Å². The van der Waals surface area contributed by atoms with E-state index < -0.39 is 12.0 Å². The number of aryl methyl sites for hydroxylation is 3. The molecule has 0 aliphatic rings. The molecular weight excluding hydrogens is 419 g/mol. The number of carbonyl (C=O) groups is 1. The standard InChI is InChI=1S/C23H28F3N5O/c1-6-16-7-9-17(10-8-16)20(13(2)3)28-19(32)12-11-18-14(4)27-22-29-21(23(24,25)26)30-31(22)15(18)5/h7-10,13,20H,6,11-12H2,1-5H3,(H,28,32). The molecule has 6 nitrogen and oxygen atoms in total. The summed E-state index contributed by atoms with van der Waals surface area (Å²) in [7, 11) is 0. The molecule has 0 saturated heterocycles. The molecule has 1 aromatic carbocycles. The maximum absolute atomic E-state index is 13.0. The zero-order valence-electron chi connectivity index (χ0n) is 18.9. The van der Waals surface area contributed by atoms with Crippen molar-refractivity contribution < 1.29 is 18.0 Å². The number of benzene rings is 1. The van der Waals surface area contributed by atoms with E-state index in [0.717, 1.165) is 16.5 Å². The number of nitrogens with zero attached hydrogens (tertiary/aromatic N) is 4. The van der Waals surface area contributed by atoms with Gasteiger partial charge >= 0.3 is 6.18 Å². The summed E-state index contributed by atoms with van der Waals surface area (Å²) in [6.07, 6.45) is -3.17. The Labute approximate surface area is 185 Å². The number of nitrogens with one attached hydrogen (secondary N) is 1. The topological polar surface area (TPSA) is 72.2 Å². The number of carbonyl (C=O) groups excluding carboxylic acids is 1. The first-order valence-corrected chi connectivity index (χ1v) is 10.7. The van der Waals surface area contributed by atoms with Gasteiger partial charge in [-0.15, -0.1) is 5.10 Å². The fourth-order valence-corrected chi connectivity index (χ4v) is 3.77. The van der Waals surface area contributed by atoms with Crippen molar-refractivity contribution in [1.82, 2.24) is 24.9 Å². The number of fused-ring (bicyclic) bond motifs is 1. The predicted octanol–water partition coefficient (Wildman–Crippen LogP) is 4.77. The summed E-state index contributed by atoms with van der Waals surface area (Å²) in [5.74, 6) is -1.26. The fraction of sp³-hybridized carbons (Fsp3) is 0.478. The van der Waals surface area contributed by atoms with Crippen LogP contribution in [0.5, 0.6) is 0 Å². The third-order valence-corrected chi connectivity index (χ3v) is 5.63. The molecule has 0 aliphatic carbocycles. The van der Waals surface area contributed by atoms with Gasteiger partial charge in [-0.05, 0) is 49.3 Å². The molecule has 9 heteroatoms. The van der Waals surface area contributed by atoms with Gasteiger partial charge in [-0.2, -0.15) is 18.2 Å². The van der Waals surface area contributed by atoms with Crippen LogP contribution in [-0.4, -0.2) is 25.5 Å². The number of halogens is 3. The van der Waals surface area contributed by atoms with Crippen LogP contribution in [0, 0.1) is 19.8 Å². The van der Waals surface area contributed by atoms with Crippen molar-refractivity contribution in [2.24, 2.45) is 5.92 Å². The summed E-state index contributed by atoms with van der Waals surface area (Å²) in [6, 6.07) is 8.09. The lowest BCUT2D eigenvalue weighted by Crippen LogP contribution is -2.32. The summed E-state index contributed by atoms with van der Waals surface area (Å²) >= 11 is 0. The zero-order chi connectivity index (χ0) is 23.6. The van der Waals surface area contributed by atoms with Gasteiger partial charge in [0, 0.05) is 17.8 Å². The van der Waals surface area contributed by atoms with E-state index in [4.69, 9.17) is 0 Å². The van der Waals surface area contributed by atoms with Crippen molar-refractivity contribution in [2.45, 2.75) is 66.1 Å². The average molecular weight is 448 g/mol. The van der Waals surface area contributed by atoms with E-state index in [0.29, 0.717) is 23.4 Å². The summed E-state index contributed by atoms with van der Waals surface area (Å²) < 4.78 is 40.0. The second-order valence-electron chi connectivity index (χ2n) is 8.29. The summed E-state index contributed by atoms with van der Waals surface area (Å²) in [5, 5.41) is 6.65. The van der Waals surface area contributed by atoms with Gasteiger partial charge in [-0.25, -0.2) is 9.50 Å². The Kier molecular flexibility index (Phi) is 6.85. The molecule has 0 saturated carbocycles. The molecule has 3 rings (SSSR count). The van der Waals surface area contributed by atoms with Gasteiger partial charge in [0.2, 0.25) is 5.91 Å². The number of hydrogen-bond acceptors (Lipinski definition) is 4. The van der Waals surface area contributed by atoms with Gasteiger partial charge < -0.3 is 5.32 Å². The zero-order valence-corrected chi connectivity index (χ0v) is 18.9. The minimum Gasteiger partial charge on any atom is -0.349 e. The molecule has 172 valence electrons. The van der Waals surface area contributed by atoms with Crippen molar-refractivity contribution in [3.05, 3.63) is 58.2 Å². The van der Waals surface area contributed by atoms with Crippen LogP contribution in [0.3, 0.4) is 0 Å². The molecular formula is C23H28F3N5O. The SMILES string of the molecule is CCc1ccc(C(NC(=O)CCc2c(C)nc3nc(C(F)(F)F)nn3c2C)C(C)C)cc1. The lowest BCUT2D eigenvalue weighted by Gasteiger charge is -2.23. The van der Waals surface area contributed by atoms with Crippen LogP contribution in [0.1, 0.15) is 67.1 Å². The largest absolute Gasteiger partial charge is 0.453 e. The summed E-state index contributed by atoms with van der Waals surface area (Å²) in [4.78, 5) is 20.4. The number of alkyl halides is 3. The Hall–Kier alpha value is -2.97. The lowest BCUT2D eigenvalue weighted by molar-refractivity contribution is -0.144. The Morgan fingerprint density at radius 2 is 1.78 bits per heavy atom. The van der Waals surface area contributed by atoms with Crippen molar-refractivity contribution in [2.75, 3.05) is 0 Å². The highest BCUT2D eigenvalue weighted by Gasteiger charge is 2.37. The summed E-state index contributed by atoms with van der Waals surface area (Å²) in [5.41, 5.74) is 4.01. The van der Waals surface area contributed by atoms with E-state index >= 15 is 0 Å². The molecule has 0 spiro atoms. The molecule has 0 radical (unpaired) electrons. The first-order chi connectivity index (χ1) is 15.0. The molecule has 3 aromatic rings. The van der Waals surface area contributed by atoms with Crippen LogP contribution in [-0.2, 0) is 23.8 Å². The fourth-order valence-electron chi connectivity index (χ4n) is 3.77. The van der Waals surface area contributed by atoms with Crippen LogP contribution in [0.4, 0.5) is 13.2 Å². The monoisotopic (exact) mass is 447 g/mol. The Morgan fingerprint density at radius 3 is 2.34 bits per heavy atom. The van der Waals surface area contributed by atoms with Gasteiger partial charge in [-0.1, -0.05) is 45.0 Å². The second kappa shape index (κ2) is 9.26. The Bertz CT molecular complexity index is 1100. The average Bonchev–Trinajstić information content (AvgIpc) is 3.16.